The van der Waals surface area contributed by atoms with E-state index in [2.05, 4.69) is 140 Å². The zero-order valence-electron chi connectivity index (χ0n) is 52.3. The summed E-state index contributed by atoms with van der Waals surface area (Å²) < 4.78 is 0. The lowest BCUT2D eigenvalue weighted by Gasteiger charge is -2.29. The van der Waals surface area contributed by atoms with Crippen molar-refractivity contribution >= 4 is 170 Å². The van der Waals surface area contributed by atoms with Crippen molar-refractivity contribution in [3.63, 3.8) is 0 Å². The Hall–Kier alpha value is -7.44. The normalized spacial score (nSPS) is 16.4. The zero-order valence-corrected chi connectivity index (χ0v) is 57.7. The van der Waals surface area contributed by atoms with Crippen LogP contribution in [0.3, 0.4) is 0 Å². The minimum Gasteiger partial charge on any atom is -0.508 e. The van der Waals surface area contributed by atoms with Gasteiger partial charge in [-0.15, -0.1) is 0 Å². The number of carboxylic acids is 2. The van der Waals surface area contributed by atoms with Crippen LogP contribution >= 0.6 is 75.8 Å². The number of nitrogens with one attached hydrogen (secondary N) is 12. The van der Waals surface area contributed by atoms with Crippen LogP contribution in [0.2, 0.25) is 0 Å². The lowest BCUT2D eigenvalue weighted by Crippen LogP contribution is -2.61. The summed E-state index contributed by atoms with van der Waals surface area (Å²) in [4.78, 5) is 211. The second-order valence-electron chi connectivity index (χ2n) is 22.2. The second kappa shape index (κ2) is 43.0. The Balaban J connectivity index is 2.10. The molecule has 0 spiro atoms. The first-order valence-electron chi connectivity index (χ1n) is 29.6. The number of amides is 14. The van der Waals surface area contributed by atoms with E-state index >= 15 is 0 Å². The molecule has 1 aromatic carbocycles. The second-order valence-corrected chi connectivity index (χ2v) is 24.4. The topological polar surface area (TPSA) is 554 Å². The molecule has 0 aromatic heterocycles. The maximum absolute atomic E-state index is 14.1. The number of aliphatic hydroxyl groups is 1. The summed E-state index contributed by atoms with van der Waals surface area (Å²) in [6.45, 7) is 2.78. The summed E-state index contributed by atoms with van der Waals surface area (Å²) in [5.74, 6) is -18.8. The monoisotopic (exact) mass is 1470 g/mol. The third-order valence-electron chi connectivity index (χ3n) is 14.0. The molecule has 14 amide bonds. The number of likely N-dealkylation sites (tertiary alicyclic amines) is 1. The van der Waals surface area contributed by atoms with Gasteiger partial charge in [-0.3, -0.25) is 71.9 Å². The van der Waals surface area contributed by atoms with E-state index in [1.165, 1.54) is 24.3 Å². The van der Waals surface area contributed by atoms with Gasteiger partial charge in [-0.2, -0.15) is 75.8 Å². The van der Waals surface area contributed by atoms with E-state index in [9.17, 15) is 97.1 Å². The number of hydrogen-bond donors (Lipinski definition) is 24. The van der Waals surface area contributed by atoms with Crippen LogP contribution in [0.5, 0.6) is 5.75 Å². The number of carbonyl (C=O) groups excluding carboxylic acids is 14. The van der Waals surface area contributed by atoms with Crippen LogP contribution in [-0.2, 0) is 83.1 Å². The van der Waals surface area contributed by atoms with Gasteiger partial charge in [-0.05, 0) is 56.2 Å². The van der Waals surface area contributed by atoms with E-state index < -0.39 is 223 Å². The number of benzene rings is 1. The average molecular weight is 1470 g/mol. The standard InChI is InChI=1S/C55H85N15O20S6/c1-24(2)13-30(63-45(79)29(10-11-42(76)77)62-48(82)35(21-94)66-44(78)28(56)18-91)46(80)67-37(23-96)50(84)68-36(22-95)49(83)64-31(15-39(57)73)54(88)70-12-4-5-38(70)52(86)58-16-40(74)61-34(20-93)51(85)69-43(25(3)71)53(87)59-17-41(75)60-33(19-92)47(81)65-32(55(89)90)14-26-6-8-27(72)9-7-26/h6-9,24-25,28-38,43,71-72,91-96H,4-5,10-23,56H2,1-3H3,(H2,57,73)(H,58,86)(H,59,87)(H,60,75)(H,61,74)(H,62,82)(H,63,79)(H,64,83)(H,65,81)(H,66,78)(H,67,80)(H,68,84)(H,69,85)(H,76,77)(H,89,90)/t25-,28+,29+,30+,31+,32+,33+,34+,35+,36+,37+,38+,43+/m1/s1. The van der Waals surface area contributed by atoms with Gasteiger partial charge in [0.05, 0.1) is 31.7 Å². The van der Waals surface area contributed by atoms with Crippen LogP contribution in [0.15, 0.2) is 24.3 Å². The van der Waals surface area contributed by atoms with Gasteiger partial charge in [-0.1, -0.05) is 26.0 Å². The molecule has 41 heteroatoms. The van der Waals surface area contributed by atoms with Crippen molar-refractivity contribution in [2.24, 2.45) is 17.4 Å². The fourth-order valence-corrected chi connectivity index (χ4v) is 10.3. The summed E-state index contributed by atoms with van der Waals surface area (Å²) in [5.41, 5.74) is 11.6. The Morgan fingerprint density at radius 1 is 0.531 bits per heavy atom. The number of aliphatic carboxylic acids is 2. The van der Waals surface area contributed by atoms with E-state index in [1.807, 2.05) is 0 Å². The number of phenols is 1. The Bertz CT molecular complexity index is 2940. The molecule has 1 aliphatic rings. The van der Waals surface area contributed by atoms with Crippen LogP contribution in [0.4, 0.5) is 0 Å². The predicted octanol–water partition coefficient (Wildman–Crippen LogP) is -7.84. The van der Waals surface area contributed by atoms with Gasteiger partial charge in [0.25, 0.3) is 0 Å². The van der Waals surface area contributed by atoms with E-state index in [0.717, 1.165) is 11.8 Å². The number of carbonyl (C=O) groups is 16. The maximum atomic E-state index is 14.1. The first kappa shape index (κ1) is 84.6. The molecule has 0 bridgehead atoms. The van der Waals surface area contributed by atoms with E-state index in [4.69, 9.17) is 11.5 Å². The Morgan fingerprint density at radius 2 is 0.948 bits per heavy atom. The fourth-order valence-electron chi connectivity index (χ4n) is 8.89. The molecule has 1 saturated heterocycles. The van der Waals surface area contributed by atoms with Crippen molar-refractivity contribution in [3.8, 4) is 5.75 Å². The predicted molar refractivity (Wildman–Crippen MR) is 362 cm³/mol. The van der Waals surface area contributed by atoms with Gasteiger partial charge < -0.3 is 101 Å². The van der Waals surface area contributed by atoms with Gasteiger partial charge >= 0.3 is 11.9 Å². The highest BCUT2D eigenvalue weighted by Gasteiger charge is 2.40. The van der Waals surface area contributed by atoms with Crippen molar-refractivity contribution in [3.05, 3.63) is 29.8 Å². The number of nitrogens with zero attached hydrogens (tertiary/aromatic N) is 1. The zero-order chi connectivity index (χ0) is 72.7. The van der Waals surface area contributed by atoms with Gasteiger partial charge in [0.1, 0.15) is 72.2 Å². The Kier molecular flexibility index (Phi) is 37.9. The smallest absolute Gasteiger partial charge is 0.326 e. The number of thiol groups is 6. The van der Waals surface area contributed by atoms with Crippen LogP contribution < -0.4 is 75.3 Å². The fraction of sp³-hybridized carbons (Fsp3) is 0.600. The largest absolute Gasteiger partial charge is 0.508 e. The molecular formula is C55H85N15O20S6. The lowest BCUT2D eigenvalue weighted by molar-refractivity contribution is -0.143. The molecule has 0 radical (unpaired) electrons. The molecule has 1 aromatic rings. The Morgan fingerprint density at radius 3 is 1.40 bits per heavy atom. The first-order valence-corrected chi connectivity index (χ1v) is 33.4. The minimum atomic E-state index is -1.75. The highest BCUT2D eigenvalue weighted by molar-refractivity contribution is 7.81. The number of primary amides is 1. The molecule has 0 unspecified atom stereocenters. The van der Waals surface area contributed by atoms with Crippen LogP contribution in [0.1, 0.15) is 64.9 Å². The summed E-state index contributed by atoms with van der Waals surface area (Å²) in [6.07, 6.45) is -3.53. The third kappa shape index (κ3) is 29.1. The molecule has 536 valence electrons. The number of rotatable bonds is 42. The molecule has 1 fully saturated rings. The van der Waals surface area contributed by atoms with Crippen molar-refractivity contribution < 1.29 is 97.1 Å². The van der Waals surface area contributed by atoms with Gasteiger partial charge in [0.15, 0.2) is 0 Å². The van der Waals surface area contributed by atoms with E-state index in [0.29, 0.717) is 5.56 Å². The number of aliphatic hydroxyl groups excluding tert-OH is 1. The van der Waals surface area contributed by atoms with Crippen molar-refractivity contribution in [2.75, 3.05) is 54.2 Å². The minimum absolute atomic E-state index is 0.0184. The summed E-state index contributed by atoms with van der Waals surface area (Å²) >= 11 is 24.5. The molecule has 2 rings (SSSR count). The molecular weight excluding hydrogens is 1380 g/mol. The highest BCUT2D eigenvalue weighted by atomic mass is 32.1. The maximum Gasteiger partial charge on any atom is 0.326 e. The molecule has 13 atom stereocenters. The van der Waals surface area contributed by atoms with Gasteiger partial charge in [-0.25, -0.2) is 4.79 Å². The van der Waals surface area contributed by atoms with Crippen molar-refractivity contribution in [1.29, 1.82) is 0 Å². The van der Waals surface area contributed by atoms with E-state index in [-0.39, 0.29) is 61.2 Å². The molecule has 35 nitrogen and oxygen atoms in total. The first-order chi connectivity index (χ1) is 45.1. The molecule has 0 saturated carbocycles. The van der Waals surface area contributed by atoms with Crippen molar-refractivity contribution in [1.82, 2.24) is 68.7 Å². The third-order valence-corrected chi connectivity index (χ3v) is 16.2. The van der Waals surface area contributed by atoms with Crippen molar-refractivity contribution in [2.45, 2.75) is 144 Å². The quantitative estimate of drug-likeness (QED) is 0.0270. The number of phenolic OH excluding ortho intramolecular Hbond substituents is 1. The molecule has 0 aliphatic carbocycles. The Labute approximate surface area is 584 Å². The number of nitrogens with two attached hydrogens (primary N) is 2. The average Bonchev–Trinajstić information content (AvgIpc) is 1.62. The number of carboxylic acid groups (broad SMARTS) is 2. The summed E-state index contributed by atoms with van der Waals surface area (Å²) in [5, 5.41) is 67.0. The molecule has 96 heavy (non-hydrogen) atoms. The highest BCUT2D eigenvalue weighted by Crippen LogP contribution is 2.20. The number of aromatic hydroxyl groups is 1. The van der Waals surface area contributed by atoms with Crippen LogP contribution in [-0.4, -0.2) is 253 Å². The van der Waals surface area contributed by atoms with Gasteiger partial charge in [0.2, 0.25) is 82.7 Å². The summed E-state index contributed by atoms with van der Waals surface area (Å²) in [6, 6.07) is -12.1. The van der Waals surface area contributed by atoms with Crippen LogP contribution in [0, 0.1) is 5.92 Å². The lowest BCUT2D eigenvalue weighted by atomic mass is 10.0. The molecule has 1 heterocycles. The molecule has 20 N–H and O–H groups in total. The van der Waals surface area contributed by atoms with Crippen LogP contribution in [0.25, 0.3) is 0 Å². The summed E-state index contributed by atoms with van der Waals surface area (Å²) in [7, 11) is 0. The SMILES string of the molecule is CC(C)C[C@H](NC(=O)[C@H](CCC(=O)O)NC(=O)[C@H](CS)NC(=O)[C@@H](N)CS)C(=O)N[C@@H](CS)C(=O)N[C@@H](CS)C(=O)N[C@@H](CC(N)=O)C(=O)N1CCC[C@H]1C(=O)NCC(=O)N[C@@H](CS)C(=O)N[C@H](C(=O)NCC(=O)N[C@@H](CS)C(=O)N[C@@H](Cc1ccc(O)cc1)C(=O)O)[C@@H](C)O. The number of hydrogen-bond acceptors (Lipinski definition) is 25. The van der Waals surface area contributed by atoms with E-state index in [1.54, 1.807) is 13.8 Å². The van der Waals surface area contributed by atoms with Gasteiger partial charge in [0, 0.05) is 53.9 Å². The molecule has 1 aliphatic heterocycles.